The van der Waals surface area contributed by atoms with Gasteiger partial charge in [-0.25, -0.2) is 0 Å². The highest BCUT2D eigenvalue weighted by molar-refractivity contribution is 5.26. The standard InChI is InChI=1S/C16H18O/c1-13(14-9-5-3-6-10-14)16(17-2)15-11-7-4-8-12-15/h3-13,16H,1-2H3. The van der Waals surface area contributed by atoms with E-state index in [1.54, 1.807) is 7.11 Å². The molecule has 0 saturated carbocycles. The van der Waals surface area contributed by atoms with Gasteiger partial charge in [0.1, 0.15) is 0 Å². The van der Waals surface area contributed by atoms with Gasteiger partial charge >= 0.3 is 0 Å². The van der Waals surface area contributed by atoms with Crippen molar-refractivity contribution in [2.24, 2.45) is 0 Å². The summed E-state index contributed by atoms with van der Waals surface area (Å²) in [5.74, 6) is 0.351. The van der Waals surface area contributed by atoms with Crippen molar-refractivity contribution in [3.05, 3.63) is 71.8 Å². The van der Waals surface area contributed by atoms with Crippen LogP contribution in [0.2, 0.25) is 0 Å². The minimum absolute atomic E-state index is 0.110. The van der Waals surface area contributed by atoms with Crippen LogP contribution in [-0.4, -0.2) is 7.11 Å². The van der Waals surface area contributed by atoms with Crippen molar-refractivity contribution in [1.29, 1.82) is 0 Å². The second-order valence-corrected chi connectivity index (χ2v) is 4.27. The number of hydrogen-bond acceptors (Lipinski definition) is 1. The first-order valence-corrected chi connectivity index (χ1v) is 5.95. The third-order valence-electron chi connectivity index (χ3n) is 3.16. The average molecular weight is 226 g/mol. The lowest BCUT2D eigenvalue weighted by molar-refractivity contribution is 0.0836. The zero-order chi connectivity index (χ0) is 12.1. The van der Waals surface area contributed by atoms with E-state index in [1.165, 1.54) is 11.1 Å². The van der Waals surface area contributed by atoms with Crippen molar-refractivity contribution in [1.82, 2.24) is 0 Å². The number of rotatable bonds is 4. The first-order chi connectivity index (χ1) is 8.33. The first kappa shape index (κ1) is 11.9. The zero-order valence-electron chi connectivity index (χ0n) is 10.3. The summed E-state index contributed by atoms with van der Waals surface area (Å²) < 4.78 is 5.65. The minimum atomic E-state index is 0.110. The highest BCUT2D eigenvalue weighted by Gasteiger charge is 2.19. The van der Waals surface area contributed by atoms with Gasteiger partial charge in [-0.05, 0) is 11.1 Å². The van der Waals surface area contributed by atoms with Gasteiger partial charge in [0, 0.05) is 13.0 Å². The lowest BCUT2D eigenvalue weighted by Crippen LogP contribution is -2.10. The van der Waals surface area contributed by atoms with Crippen molar-refractivity contribution in [3.63, 3.8) is 0 Å². The van der Waals surface area contributed by atoms with E-state index < -0.39 is 0 Å². The van der Waals surface area contributed by atoms with Crippen LogP contribution in [0, 0.1) is 0 Å². The number of hydrogen-bond donors (Lipinski definition) is 0. The van der Waals surface area contributed by atoms with Crippen LogP contribution in [-0.2, 0) is 4.74 Å². The van der Waals surface area contributed by atoms with E-state index in [-0.39, 0.29) is 6.10 Å². The van der Waals surface area contributed by atoms with Crippen LogP contribution in [0.3, 0.4) is 0 Å². The predicted octanol–water partition coefficient (Wildman–Crippen LogP) is 4.18. The highest BCUT2D eigenvalue weighted by Crippen LogP contribution is 2.32. The maximum Gasteiger partial charge on any atom is 0.0886 e. The van der Waals surface area contributed by atoms with Gasteiger partial charge < -0.3 is 4.74 Å². The number of ether oxygens (including phenoxy) is 1. The normalized spacial score (nSPS) is 14.2. The lowest BCUT2D eigenvalue weighted by atomic mass is 9.91. The van der Waals surface area contributed by atoms with E-state index in [9.17, 15) is 0 Å². The van der Waals surface area contributed by atoms with E-state index in [1.807, 2.05) is 12.1 Å². The quantitative estimate of drug-likeness (QED) is 0.760. The van der Waals surface area contributed by atoms with Crippen molar-refractivity contribution in [2.75, 3.05) is 7.11 Å². The molecule has 2 unspecified atom stereocenters. The molecular formula is C16H18O. The Bertz CT molecular complexity index is 436. The van der Waals surface area contributed by atoms with E-state index in [4.69, 9.17) is 4.74 Å². The Labute approximate surface area is 103 Å². The molecular weight excluding hydrogens is 208 g/mol. The van der Waals surface area contributed by atoms with Crippen LogP contribution in [0.1, 0.15) is 30.1 Å². The largest absolute Gasteiger partial charge is 0.376 e. The van der Waals surface area contributed by atoms with Gasteiger partial charge in [-0.15, -0.1) is 0 Å². The molecule has 2 aromatic carbocycles. The number of benzene rings is 2. The molecule has 0 heterocycles. The monoisotopic (exact) mass is 226 g/mol. The molecule has 0 N–H and O–H groups in total. The molecule has 0 aliphatic rings. The van der Waals surface area contributed by atoms with Crippen LogP contribution in [0.4, 0.5) is 0 Å². The molecule has 2 atom stereocenters. The average Bonchev–Trinajstić information content (AvgIpc) is 2.42. The molecule has 2 rings (SSSR count). The van der Waals surface area contributed by atoms with Gasteiger partial charge in [0.15, 0.2) is 0 Å². The lowest BCUT2D eigenvalue weighted by Gasteiger charge is -2.23. The van der Waals surface area contributed by atoms with Gasteiger partial charge in [0.25, 0.3) is 0 Å². The van der Waals surface area contributed by atoms with Gasteiger partial charge in [-0.2, -0.15) is 0 Å². The van der Waals surface area contributed by atoms with Gasteiger partial charge in [0.05, 0.1) is 6.10 Å². The first-order valence-electron chi connectivity index (χ1n) is 5.95. The summed E-state index contributed by atoms with van der Waals surface area (Å²) in [7, 11) is 1.77. The van der Waals surface area contributed by atoms with Crippen molar-refractivity contribution in [3.8, 4) is 0 Å². The molecule has 2 aromatic rings. The molecule has 1 heteroatoms. The third-order valence-corrected chi connectivity index (χ3v) is 3.16. The topological polar surface area (TPSA) is 9.23 Å². The van der Waals surface area contributed by atoms with Gasteiger partial charge in [0.2, 0.25) is 0 Å². The number of methoxy groups -OCH3 is 1. The maximum absolute atomic E-state index is 5.65. The van der Waals surface area contributed by atoms with Crippen LogP contribution in [0.15, 0.2) is 60.7 Å². The molecule has 0 amide bonds. The van der Waals surface area contributed by atoms with Gasteiger partial charge in [-0.3, -0.25) is 0 Å². The molecule has 17 heavy (non-hydrogen) atoms. The van der Waals surface area contributed by atoms with Crippen molar-refractivity contribution >= 4 is 0 Å². The van der Waals surface area contributed by atoms with E-state index >= 15 is 0 Å². The van der Waals surface area contributed by atoms with Crippen LogP contribution in [0.5, 0.6) is 0 Å². The van der Waals surface area contributed by atoms with Crippen LogP contribution in [0.25, 0.3) is 0 Å². The SMILES string of the molecule is COC(c1ccccc1)C(C)c1ccccc1. The second-order valence-electron chi connectivity index (χ2n) is 4.27. The Kier molecular flexibility index (Phi) is 3.94. The fourth-order valence-electron chi connectivity index (χ4n) is 2.20. The minimum Gasteiger partial charge on any atom is -0.376 e. The fourth-order valence-corrected chi connectivity index (χ4v) is 2.20. The second kappa shape index (κ2) is 5.65. The smallest absolute Gasteiger partial charge is 0.0886 e. The van der Waals surface area contributed by atoms with Crippen molar-refractivity contribution < 1.29 is 4.74 Å². The Morgan fingerprint density at radius 2 is 1.24 bits per heavy atom. The summed E-state index contributed by atoms with van der Waals surface area (Å²) in [6.45, 7) is 2.20. The van der Waals surface area contributed by atoms with E-state index in [0.29, 0.717) is 5.92 Å². The van der Waals surface area contributed by atoms with Gasteiger partial charge in [-0.1, -0.05) is 67.6 Å². The molecule has 0 aromatic heterocycles. The summed E-state index contributed by atoms with van der Waals surface area (Å²) in [5, 5.41) is 0. The molecule has 0 aliphatic heterocycles. The van der Waals surface area contributed by atoms with E-state index in [2.05, 4.69) is 55.5 Å². The molecule has 0 saturated heterocycles. The summed E-state index contributed by atoms with van der Waals surface area (Å²) in [5.41, 5.74) is 2.54. The molecule has 0 radical (unpaired) electrons. The van der Waals surface area contributed by atoms with Crippen LogP contribution < -0.4 is 0 Å². The summed E-state index contributed by atoms with van der Waals surface area (Å²) in [6.07, 6.45) is 0.110. The predicted molar refractivity (Wildman–Crippen MR) is 71.0 cm³/mol. The molecule has 0 aliphatic carbocycles. The highest BCUT2D eigenvalue weighted by atomic mass is 16.5. The molecule has 0 bridgehead atoms. The Hall–Kier alpha value is -1.60. The van der Waals surface area contributed by atoms with Crippen LogP contribution >= 0.6 is 0 Å². The molecule has 88 valence electrons. The molecule has 0 spiro atoms. The Balaban J connectivity index is 2.25. The summed E-state index contributed by atoms with van der Waals surface area (Å²) in [4.78, 5) is 0. The summed E-state index contributed by atoms with van der Waals surface area (Å²) >= 11 is 0. The third kappa shape index (κ3) is 2.75. The summed E-state index contributed by atoms with van der Waals surface area (Å²) in [6, 6.07) is 20.9. The van der Waals surface area contributed by atoms with Crippen molar-refractivity contribution in [2.45, 2.75) is 18.9 Å². The zero-order valence-corrected chi connectivity index (χ0v) is 10.3. The van der Waals surface area contributed by atoms with E-state index in [0.717, 1.165) is 0 Å². The fraction of sp³-hybridized carbons (Fsp3) is 0.250. The molecule has 1 nitrogen and oxygen atoms in total. The Morgan fingerprint density at radius 3 is 1.71 bits per heavy atom. The Morgan fingerprint density at radius 1 is 0.765 bits per heavy atom. The maximum atomic E-state index is 5.65. The molecule has 0 fully saturated rings.